The number of nitrogens with zero attached hydrogens (tertiary/aromatic N) is 1. The molecule has 2 rings (SSSR count). The van der Waals surface area contributed by atoms with Gasteiger partial charge in [0.2, 0.25) is 0 Å². The van der Waals surface area contributed by atoms with E-state index < -0.39 is 0 Å². The number of morpholine rings is 1. The Hall–Kier alpha value is -0.810. The Balaban J connectivity index is 1.95. The van der Waals surface area contributed by atoms with Crippen LogP contribution in [0.1, 0.15) is 19.4 Å². The summed E-state index contributed by atoms with van der Waals surface area (Å²) >= 11 is 6.06. The van der Waals surface area contributed by atoms with E-state index >= 15 is 0 Å². The first-order valence-corrected chi connectivity index (χ1v) is 7.97. The molecule has 21 heavy (non-hydrogen) atoms. The molecule has 1 aliphatic rings. The molecule has 0 saturated carbocycles. The van der Waals surface area contributed by atoms with Crippen LogP contribution in [0.3, 0.4) is 0 Å². The lowest BCUT2D eigenvalue weighted by Crippen LogP contribution is -2.44. The van der Waals surface area contributed by atoms with Gasteiger partial charge in [-0.2, -0.15) is 0 Å². The van der Waals surface area contributed by atoms with Crippen molar-refractivity contribution in [1.82, 2.24) is 4.90 Å². The van der Waals surface area contributed by atoms with Gasteiger partial charge in [0.15, 0.2) is 0 Å². The second-order valence-corrected chi connectivity index (χ2v) is 6.07. The van der Waals surface area contributed by atoms with Crippen molar-refractivity contribution < 1.29 is 9.47 Å². The minimum atomic E-state index is 0.0762. The van der Waals surface area contributed by atoms with Gasteiger partial charge in [0.1, 0.15) is 18.5 Å². The van der Waals surface area contributed by atoms with E-state index in [9.17, 15) is 0 Å². The van der Waals surface area contributed by atoms with Gasteiger partial charge >= 0.3 is 0 Å². The molecule has 2 N–H and O–H groups in total. The Kier molecular flexibility index (Phi) is 6.30. The molecule has 0 spiro atoms. The van der Waals surface area contributed by atoms with E-state index in [4.69, 9.17) is 26.8 Å². The number of rotatable bonds is 6. The van der Waals surface area contributed by atoms with Gasteiger partial charge in [-0.15, -0.1) is 0 Å². The minimum Gasteiger partial charge on any atom is -0.491 e. The first kappa shape index (κ1) is 16.6. The van der Waals surface area contributed by atoms with Gasteiger partial charge in [0.05, 0.1) is 6.61 Å². The smallest absolute Gasteiger partial charge is 0.122 e. The summed E-state index contributed by atoms with van der Waals surface area (Å²) in [5.41, 5.74) is 6.94. The van der Waals surface area contributed by atoms with Crippen LogP contribution < -0.4 is 10.5 Å². The second kappa shape index (κ2) is 7.99. The van der Waals surface area contributed by atoms with Crippen LogP contribution in [-0.4, -0.2) is 49.9 Å². The van der Waals surface area contributed by atoms with E-state index in [0.717, 1.165) is 44.0 Å². The van der Waals surface area contributed by atoms with Gasteiger partial charge in [0.25, 0.3) is 0 Å². The SMILES string of the molecule is CCN1CCOC(COc2ccc(Cl)cc2CC(C)N)C1. The molecule has 0 bridgehead atoms. The molecule has 1 aromatic carbocycles. The molecule has 118 valence electrons. The first-order chi connectivity index (χ1) is 10.1. The van der Waals surface area contributed by atoms with Gasteiger partial charge in [-0.05, 0) is 43.7 Å². The van der Waals surface area contributed by atoms with Gasteiger partial charge in [-0.25, -0.2) is 0 Å². The summed E-state index contributed by atoms with van der Waals surface area (Å²) in [6, 6.07) is 5.77. The van der Waals surface area contributed by atoms with Crippen LogP contribution in [0.2, 0.25) is 5.02 Å². The van der Waals surface area contributed by atoms with Gasteiger partial charge in [-0.1, -0.05) is 18.5 Å². The molecule has 1 fully saturated rings. The third kappa shape index (κ3) is 5.15. The van der Waals surface area contributed by atoms with Crippen molar-refractivity contribution in [3.05, 3.63) is 28.8 Å². The van der Waals surface area contributed by atoms with Crippen LogP contribution >= 0.6 is 11.6 Å². The van der Waals surface area contributed by atoms with Crippen LogP contribution in [0.5, 0.6) is 5.75 Å². The summed E-state index contributed by atoms with van der Waals surface area (Å²) in [4.78, 5) is 2.38. The van der Waals surface area contributed by atoms with Crippen LogP contribution in [0.15, 0.2) is 18.2 Å². The molecule has 1 saturated heterocycles. The van der Waals surface area contributed by atoms with E-state index in [0.29, 0.717) is 11.6 Å². The third-order valence-corrected chi connectivity index (χ3v) is 3.89. The average Bonchev–Trinajstić information content (AvgIpc) is 2.46. The number of hydrogen-bond donors (Lipinski definition) is 1. The lowest BCUT2D eigenvalue weighted by molar-refractivity contribution is -0.0465. The fourth-order valence-corrected chi connectivity index (χ4v) is 2.74. The highest BCUT2D eigenvalue weighted by molar-refractivity contribution is 6.30. The summed E-state index contributed by atoms with van der Waals surface area (Å²) in [6.07, 6.45) is 0.875. The molecule has 0 amide bonds. The Morgan fingerprint density at radius 3 is 3.05 bits per heavy atom. The maximum absolute atomic E-state index is 6.06. The van der Waals surface area contributed by atoms with Crippen LogP contribution in [0, 0.1) is 0 Å². The predicted octanol–water partition coefficient (Wildman–Crippen LogP) is 2.33. The molecular weight excluding hydrogens is 288 g/mol. The monoisotopic (exact) mass is 312 g/mol. The zero-order valence-corrected chi connectivity index (χ0v) is 13.6. The summed E-state index contributed by atoms with van der Waals surface area (Å²) in [5, 5.41) is 0.712. The molecule has 0 radical (unpaired) electrons. The van der Waals surface area contributed by atoms with E-state index in [1.165, 1.54) is 0 Å². The fourth-order valence-electron chi connectivity index (χ4n) is 2.55. The molecule has 2 unspecified atom stereocenters. The molecule has 1 aromatic rings. The quantitative estimate of drug-likeness (QED) is 0.876. The van der Waals surface area contributed by atoms with Crippen molar-refractivity contribution in [3.63, 3.8) is 0 Å². The average molecular weight is 313 g/mol. The van der Waals surface area contributed by atoms with Crippen LogP contribution in [-0.2, 0) is 11.2 Å². The minimum absolute atomic E-state index is 0.0762. The Morgan fingerprint density at radius 2 is 2.33 bits per heavy atom. The number of nitrogens with two attached hydrogens (primary N) is 1. The van der Waals surface area contributed by atoms with Crippen molar-refractivity contribution in [2.45, 2.75) is 32.4 Å². The molecule has 1 heterocycles. The van der Waals surface area contributed by atoms with Crippen molar-refractivity contribution in [2.24, 2.45) is 5.73 Å². The topological polar surface area (TPSA) is 47.7 Å². The number of likely N-dealkylation sites (N-methyl/N-ethyl adjacent to an activating group) is 1. The van der Waals surface area contributed by atoms with Gasteiger partial charge in [0, 0.05) is 24.2 Å². The van der Waals surface area contributed by atoms with E-state index in [2.05, 4.69) is 11.8 Å². The lowest BCUT2D eigenvalue weighted by Gasteiger charge is -2.32. The van der Waals surface area contributed by atoms with Crippen molar-refractivity contribution in [3.8, 4) is 5.75 Å². The van der Waals surface area contributed by atoms with Crippen LogP contribution in [0.25, 0.3) is 0 Å². The Labute approximate surface area is 132 Å². The molecule has 5 heteroatoms. The molecule has 1 aliphatic heterocycles. The van der Waals surface area contributed by atoms with Crippen molar-refractivity contribution in [1.29, 1.82) is 0 Å². The van der Waals surface area contributed by atoms with Crippen molar-refractivity contribution in [2.75, 3.05) is 32.8 Å². The van der Waals surface area contributed by atoms with E-state index in [1.807, 2.05) is 25.1 Å². The highest BCUT2D eigenvalue weighted by Crippen LogP contribution is 2.24. The Morgan fingerprint density at radius 1 is 1.52 bits per heavy atom. The summed E-state index contributed by atoms with van der Waals surface area (Å²) < 4.78 is 11.7. The maximum Gasteiger partial charge on any atom is 0.122 e. The number of halogens is 1. The largest absolute Gasteiger partial charge is 0.491 e. The van der Waals surface area contributed by atoms with Gasteiger partial charge in [-0.3, -0.25) is 4.90 Å². The fraction of sp³-hybridized carbons (Fsp3) is 0.625. The lowest BCUT2D eigenvalue weighted by atomic mass is 10.1. The summed E-state index contributed by atoms with van der Waals surface area (Å²) in [6.45, 7) is 8.46. The second-order valence-electron chi connectivity index (χ2n) is 5.63. The maximum atomic E-state index is 6.06. The predicted molar refractivity (Wildman–Crippen MR) is 86.2 cm³/mol. The summed E-state index contributed by atoms with van der Waals surface area (Å²) in [7, 11) is 0. The molecule has 0 aromatic heterocycles. The molecular formula is C16H25ClN2O2. The normalized spacial score (nSPS) is 21.2. The molecule has 0 aliphatic carbocycles. The molecule has 2 atom stereocenters. The zero-order chi connectivity index (χ0) is 15.2. The molecule has 4 nitrogen and oxygen atoms in total. The Bertz CT molecular complexity index is 454. The zero-order valence-electron chi connectivity index (χ0n) is 12.8. The van der Waals surface area contributed by atoms with Gasteiger partial charge < -0.3 is 15.2 Å². The highest BCUT2D eigenvalue weighted by Gasteiger charge is 2.20. The van der Waals surface area contributed by atoms with Crippen molar-refractivity contribution >= 4 is 11.6 Å². The standard InChI is InChI=1S/C16H25ClN2O2/c1-3-19-6-7-20-15(10-19)11-21-16-5-4-14(17)9-13(16)8-12(2)18/h4-5,9,12,15H,3,6-8,10-11,18H2,1-2H3. The van der Waals surface area contributed by atoms with Crippen LogP contribution in [0.4, 0.5) is 0 Å². The summed E-state index contributed by atoms with van der Waals surface area (Å²) in [5.74, 6) is 0.855. The van der Waals surface area contributed by atoms with E-state index in [1.54, 1.807) is 0 Å². The highest BCUT2D eigenvalue weighted by atomic mass is 35.5. The van der Waals surface area contributed by atoms with E-state index in [-0.39, 0.29) is 12.1 Å². The third-order valence-electron chi connectivity index (χ3n) is 3.66. The first-order valence-electron chi connectivity index (χ1n) is 7.59. The number of benzene rings is 1. The number of hydrogen-bond acceptors (Lipinski definition) is 4. The number of ether oxygens (including phenoxy) is 2.